The predicted molar refractivity (Wildman–Crippen MR) is 99.7 cm³/mol. The van der Waals surface area contributed by atoms with E-state index in [1.54, 1.807) is 28.4 Å². The van der Waals surface area contributed by atoms with Gasteiger partial charge in [0.2, 0.25) is 0 Å². The highest BCUT2D eigenvalue weighted by molar-refractivity contribution is 7.19. The number of aromatic nitrogens is 9. The highest BCUT2D eigenvalue weighted by Crippen LogP contribution is 2.31. The molecule has 5 rings (SSSR count). The molecule has 0 saturated heterocycles. The van der Waals surface area contributed by atoms with Crippen LogP contribution >= 0.6 is 11.3 Å². The van der Waals surface area contributed by atoms with Gasteiger partial charge in [0.1, 0.15) is 16.2 Å². The molecule has 0 fully saturated rings. The first-order valence-electron chi connectivity index (χ1n) is 8.28. The number of aromatic amines is 1. The van der Waals surface area contributed by atoms with Crippen molar-refractivity contribution < 1.29 is 0 Å². The number of nitrogens with one attached hydrogen (secondary N) is 1. The average molecular weight is 381 g/mol. The molecule has 0 atom stereocenters. The van der Waals surface area contributed by atoms with Crippen molar-refractivity contribution in [2.45, 2.75) is 13.0 Å². The van der Waals surface area contributed by atoms with Gasteiger partial charge in [-0.2, -0.15) is 10.2 Å². The van der Waals surface area contributed by atoms with Gasteiger partial charge in [0.05, 0.1) is 23.1 Å². The Bertz CT molecular complexity index is 1320. The van der Waals surface area contributed by atoms with Crippen LogP contribution in [0.4, 0.5) is 0 Å². The minimum absolute atomic E-state index is 0.172. The Balaban J connectivity index is 1.59. The molecule has 27 heavy (non-hydrogen) atoms. The van der Waals surface area contributed by atoms with E-state index in [1.165, 1.54) is 4.68 Å². The van der Waals surface area contributed by atoms with Crippen LogP contribution in [-0.4, -0.2) is 44.5 Å². The zero-order chi connectivity index (χ0) is 18.5. The normalized spacial score (nSPS) is 11.8. The molecular formula is C16H15N9OS. The second-order valence-corrected chi connectivity index (χ2v) is 7.39. The van der Waals surface area contributed by atoms with Gasteiger partial charge in [0.15, 0.2) is 5.65 Å². The summed E-state index contributed by atoms with van der Waals surface area (Å²) < 4.78 is 5.97. The van der Waals surface area contributed by atoms with Crippen molar-refractivity contribution in [3.63, 3.8) is 0 Å². The molecule has 1 N–H and O–H groups in total. The standard InChI is InChI=1S/C16H15N9OS/c1-23-4-3-9(21-23)5-12-19-15-14(27-12)11-7-18-25(8-10-6-17-22-20-10)16(26)13(11)24(15)2/h3-4,6-7H,5,8H2,1-2H3,(H,17,20,22). The SMILES string of the molecule is Cn1ccc(Cc2nc3c(s2)c2cnn(Cc4c[nH]nn4)c(=O)c2n3C)n1. The zero-order valence-corrected chi connectivity index (χ0v) is 15.4. The fraction of sp³-hybridized carbons (Fsp3) is 0.250. The van der Waals surface area contributed by atoms with Crippen LogP contribution in [-0.2, 0) is 27.1 Å². The maximum Gasteiger partial charge on any atom is 0.291 e. The number of thiazole rings is 1. The zero-order valence-electron chi connectivity index (χ0n) is 14.6. The number of hydrogen-bond acceptors (Lipinski definition) is 7. The molecule has 136 valence electrons. The third-order valence-corrected chi connectivity index (χ3v) is 5.53. The summed E-state index contributed by atoms with van der Waals surface area (Å²) in [6.45, 7) is 0.266. The Morgan fingerprint density at radius 2 is 2.15 bits per heavy atom. The van der Waals surface area contributed by atoms with E-state index in [-0.39, 0.29) is 12.1 Å². The largest absolute Gasteiger partial charge is 0.323 e. The van der Waals surface area contributed by atoms with Crippen LogP contribution in [0.15, 0.2) is 29.5 Å². The van der Waals surface area contributed by atoms with Crippen molar-refractivity contribution in [3.05, 3.63) is 51.4 Å². The molecular weight excluding hydrogens is 366 g/mol. The molecule has 11 heteroatoms. The number of H-pyrrole nitrogens is 1. The summed E-state index contributed by atoms with van der Waals surface area (Å²) in [5, 5.41) is 20.7. The molecule has 0 spiro atoms. The number of aryl methyl sites for hydroxylation is 2. The van der Waals surface area contributed by atoms with Gasteiger partial charge in [0, 0.05) is 38.3 Å². The molecule has 0 radical (unpaired) electrons. The van der Waals surface area contributed by atoms with Crippen molar-refractivity contribution in [2.75, 3.05) is 0 Å². The summed E-state index contributed by atoms with van der Waals surface area (Å²) >= 11 is 1.57. The van der Waals surface area contributed by atoms with E-state index < -0.39 is 0 Å². The Kier molecular flexibility index (Phi) is 3.44. The maximum atomic E-state index is 12.9. The summed E-state index contributed by atoms with van der Waals surface area (Å²) in [4.78, 5) is 17.6. The van der Waals surface area contributed by atoms with Crippen molar-refractivity contribution >= 4 is 32.6 Å². The highest BCUT2D eigenvalue weighted by Gasteiger charge is 2.19. The van der Waals surface area contributed by atoms with Crippen molar-refractivity contribution in [1.82, 2.24) is 44.5 Å². The van der Waals surface area contributed by atoms with Crippen molar-refractivity contribution in [2.24, 2.45) is 14.1 Å². The van der Waals surface area contributed by atoms with Crippen molar-refractivity contribution in [1.29, 1.82) is 0 Å². The maximum absolute atomic E-state index is 12.9. The lowest BCUT2D eigenvalue weighted by Gasteiger charge is -2.03. The topological polar surface area (TPSA) is 112 Å². The van der Waals surface area contributed by atoms with Crippen LogP contribution in [0.1, 0.15) is 16.4 Å². The molecule has 0 unspecified atom stereocenters. The third kappa shape index (κ3) is 2.54. The van der Waals surface area contributed by atoms with Crippen LogP contribution < -0.4 is 5.56 Å². The minimum atomic E-state index is -0.172. The summed E-state index contributed by atoms with van der Waals surface area (Å²) in [6.07, 6.45) is 5.95. The van der Waals surface area contributed by atoms with E-state index in [9.17, 15) is 4.79 Å². The molecule has 0 bridgehead atoms. The number of rotatable bonds is 4. The molecule has 0 amide bonds. The van der Waals surface area contributed by atoms with Gasteiger partial charge in [-0.3, -0.25) is 14.6 Å². The third-order valence-electron chi connectivity index (χ3n) is 4.45. The van der Waals surface area contributed by atoms with Crippen molar-refractivity contribution in [3.8, 4) is 0 Å². The monoisotopic (exact) mass is 381 g/mol. The summed E-state index contributed by atoms with van der Waals surface area (Å²) in [6, 6.07) is 1.98. The summed E-state index contributed by atoms with van der Waals surface area (Å²) in [5.74, 6) is 0. The Labute approximate surface area is 156 Å². The van der Waals surface area contributed by atoms with E-state index in [1.807, 2.05) is 30.9 Å². The number of fused-ring (bicyclic) bond motifs is 3. The smallest absolute Gasteiger partial charge is 0.291 e. The van der Waals surface area contributed by atoms with E-state index in [2.05, 4.69) is 25.6 Å². The van der Waals surface area contributed by atoms with Crippen LogP contribution in [0.5, 0.6) is 0 Å². The quantitative estimate of drug-likeness (QED) is 0.494. The lowest BCUT2D eigenvalue weighted by molar-refractivity contribution is 0.631. The fourth-order valence-electron chi connectivity index (χ4n) is 3.19. The molecule has 0 saturated carbocycles. The fourth-order valence-corrected chi connectivity index (χ4v) is 4.31. The second-order valence-electron chi connectivity index (χ2n) is 6.31. The lowest BCUT2D eigenvalue weighted by atomic mass is 10.3. The van der Waals surface area contributed by atoms with Crippen LogP contribution in [0.25, 0.3) is 21.3 Å². The van der Waals surface area contributed by atoms with Gasteiger partial charge in [-0.15, -0.1) is 16.4 Å². The first-order chi connectivity index (χ1) is 13.1. The lowest BCUT2D eigenvalue weighted by Crippen LogP contribution is -2.24. The van der Waals surface area contributed by atoms with E-state index in [4.69, 9.17) is 4.98 Å². The molecule has 0 aliphatic carbocycles. The van der Waals surface area contributed by atoms with Crippen LogP contribution in [0.2, 0.25) is 0 Å². The second kappa shape index (κ2) is 5.84. The Morgan fingerprint density at radius 3 is 2.89 bits per heavy atom. The highest BCUT2D eigenvalue weighted by atomic mass is 32.1. The first-order valence-corrected chi connectivity index (χ1v) is 9.09. The minimum Gasteiger partial charge on any atom is -0.323 e. The van der Waals surface area contributed by atoms with E-state index >= 15 is 0 Å². The first kappa shape index (κ1) is 15.9. The molecule has 10 nitrogen and oxygen atoms in total. The van der Waals surface area contributed by atoms with E-state index in [0.29, 0.717) is 17.6 Å². The molecule has 0 aromatic carbocycles. The molecule has 5 heterocycles. The van der Waals surface area contributed by atoms with Gasteiger partial charge in [0.25, 0.3) is 5.56 Å². The number of hydrogen-bond donors (Lipinski definition) is 1. The number of nitrogens with zero attached hydrogens (tertiary/aromatic N) is 8. The molecule has 0 aliphatic rings. The predicted octanol–water partition coefficient (Wildman–Crippen LogP) is 0.835. The Morgan fingerprint density at radius 1 is 1.26 bits per heavy atom. The Hall–Kier alpha value is -3.34. The van der Waals surface area contributed by atoms with Crippen LogP contribution in [0.3, 0.4) is 0 Å². The average Bonchev–Trinajstić information content (AvgIpc) is 3.40. The van der Waals surface area contributed by atoms with Gasteiger partial charge in [-0.25, -0.2) is 9.67 Å². The molecule has 5 aromatic rings. The van der Waals surface area contributed by atoms with E-state index in [0.717, 1.165) is 26.4 Å². The summed E-state index contributed by atoms with van der Waals surface area (Å²) in [7, 11) is 3.75. The van der Waals surface area contributed by atoms with Gasteiger partial charge in [-0.1, -0.05) is 5.21 Å². The van der Waals surface area contributed by atoms with Gasteiger partial charge in [-0.05, 0) is 6.07 Å². The van der Waals surface area contributed by atoms with Gasteiger partial charge < -0.3 is 4.57 Å². The summed E-state index contributed by atoms with van der Waals surface area (Å²) in [5.41, 5.74) is 2.82. The molecule has 5 aromatic heterocycles. The van der Waals surface area contributed by atoms with Gasteiger partial charge >= 0.3 is 0 Å². The molecule has 0 aliphatic heterocycles. The van der Waals surface area contributed by atoms with Crippen LogP contribution in [0, 0.1) is 0 Å².